The van der Waals surface area contributed by atoms with E-state index in [0.29, 0.717) is 11.3 Å². The number of benzene rings is 2. The van der Waals surface area contributed by atoms with Gasteiger partial charge in [0, 0.05) is 5.56 Å². The third-order valence-corrected chi connectivity index (χ3v) is 2.74. The predicted octanol–water partition coefficient (Wildman–Crippen LogP) is 2.69. The number of halogens is 1. The summed E-state index contributed by atoms with van der Waals surface area (Å²) in [5.74, 6) is -1.10. The third-order valence-electron chi connectivity index (χ3n) is 2.74. The Morgan fingerprint density at radius 1 is 1.10 bits per heavy atom. The molecule has 0 aliphatic rings. The van der Waals surface area contributed by atoms with Crippen LogP contribution < -0.4 is 5.43 Å². The zero-order valence-electron chi connectivity index (χ0n) is 10.8. The molecular weight excluding hydrogens is 259 g/mol. The standard InChI is InChI=1S/C15H13FN2O2/c1-10(11-6-2-4-8-13(11)16)17-18-15(20)12-7-3-5-9-14(12)19/h2-9,19H,1H3,(H,18,20)/b17-10+. The van der Waals surface area contributed by atoms with E-state index in [2.05, 4.69) is 10.5 Å². The van der Waals surface area contributed by atoms with Gasteiger partial charge < -0.3 is 5.11 Å². The van der Waals surface area contributed by atoms with E-state index in [-0.39, 0.29) is 11.3 Å². The van der Waals surface area contributed by atoms with Crippen molar-refractivity contribution in [3.05, 3.63) is 65.5 Å². The molecule has 4 nitrogen and oxygen atoms in total. The molecule has 5 heteroatoms. The molecule has 0 heterocycles. The van der Waals surface area contributed by atoms with E-state index in [0.717, 1.165) is 0 Å². The molecule has 2 aromatic rings. The van der Waals surface area contributed by atoms with Crippen LogP contribution in [0.5, 0.6) is 5.75 Å². The summed E-state index contributed by atoms with van der Waals surface area (Å²) in [5.41, 5.74) is 3.05. The Hall–Kier alpha value is -2.69. The van der Waals surface area contributed by atoms with E-state index in [9.17, 15) is 14.3 Å². The second-order valence-corrected chi connectivity index (χ2v) is 4.14. The Kier molecular flexibility index (Phi) is 4.10. The number of hydrogen-bond donors (Lipinski definition) is 2. The van der Waals surface area contributed by atoms with Crippen LogP contribution in [0.15, 0.2) is 53.6 Å². The molecule has 0 saturated carbocycles. The van der Waals surface area contributed by atoms with Crippen molar-refractivity contribution >= 4 is 11.6 Å². The lowest BCUT2D eigenvalue weighted by Crippen LogP contribution is -2.19. The van der Waals surface area contributed by atoms with Crippen LogP contribution >= 0.6 is 0 Å². The summed E-state index contributed by atoms with van der Waals surface area (Å²) in [7, 11) is 0. The number of rotatable bonds is 3. The minimum atomic E-state index is -0.557. The van der Waals surface area contributed by atoms with Crippen molar-refractivity contribution in [2.24, 2.45) is 5.10 Å². The minimum Gasteiger partial charge on any atom is -0.507 e. The van der Waals surface area contributed by atoms with Gasteiger partial charge in [0.1, 0.15) is 11.6 Å². The van der Waals surface area contributed by atoms with E-state index >= 15 is 0 Å². The molecule has 2 rings (SSSR count). The number of hydrazone groups is 1. The van der Waals surface area contributed by atoms with Gasteiger partial charge in [-0.05, 0) is 25.1 Å². The van der Waals surface area contributed by atoms with Crippen LogP contribution in [0.25, 0.3) is 0 Å². The number of phenols is 1. The molecule has 1 amide bonds. The molecule has 0 aliphatic carbocycles. The smallest absolute Gasteiger partial charge is 0.275 e. The zero-order valence-corrected chi connectivity index (χ0v) is 10.8. The summed E-state index contributed by atoms with van der Waals surface area (Å²) < 4.78 is 13.5. The molecule has 0 aromatic heterocycles. The summed E-state index contributed by atoms with van der Waals surface area (Å²) in [5, 5.41) is 13.4. The lowest BCUT2D eigenvalue weighted by atomic mass is 10.1. The zero-order chi connectivity index (χ0) is 14.5. The van der Waals surface area contributed by atoms with Crippen LogP contribution in [0.1, 0.15) is 22.8 Å². The Bertz CT molecular complexity index is 668. The fourth-order valence-corrected chi connectivity index (χ4v) is 1.68. The summed E-state index contributed by atoms with van der Waals surface area (Å²) in [4.78, 5) is 11.8. The fraction of sp³-hybridized carbons (Fsp3) is 0.0667. The molecular formula is C15H13FN2O2. The van der Waals surface area contributed by atoms with Crippen LogP contribution in [0.4, 0.5) is 4.39 Å². The van der Waals surface area contributed by atoms with Gasteiger partial charge in [-0.25, -0.2) is 9.82 Å². The second kappa shape index (κ2) is 5.97. The molecule has 2 N–H and O–H groups in total. The predicted molar refractivity (Wildman–Crippen MR) is 74.2 cm³/mol. The molecule has 102 valence electrons. The van der Waals surface area contributed by atoms with E-state index in [1.165, 1.54) is 18.2 Å². The molecule has 0 radical (unpaired) electrons. The fourth-order valence-electron chi connectivity index (χ4n) is 1.68. The van der Waals surface area contributed by atoms with Crippen LogP contribution in [0.2, 0.25) is 0 Å². The first-order valence-corrected chi connectivity index (χ1v) is 5.97. The molecule has 0 aliphatic heterocycles. The average Bonchev–Trinajstić information content (AvgIpc) is 2.45. The van der Waals surface area contributed by atoms with Crippen LogP contribution in [-0.2, 0) is 0 Å². The van der Waals surface area contributed by atoms with Crippen LogP contribution in [0, 0.1) is 5.82 Å². The molecule has 0 unspecified atom stereocenters. The van der Waals surface area contributed by atoms with E-state index in [4.69, 9.17) is 0 Å². The number of amides is 1. The van der Waals surface area contributed by atoms with Gasteiger partial charge >= 0.3 is 0 Å². The highest BCUT2D eigenvalue weighted by Crippen LogP contribution is 2.15. The van der Waals surface area contributed by atoms with Gasteiger partial charge in [0.15, 0.2) is 0 Å². The van der Waals surface area contributed by atoms with Gasteiger partial charge in [0.25, 0.3) is 5.91 Å². The number of nitrogens with one attached hydrogen (secondary N) is 1. The highest BCUT2D eigenvalue weighted by atomic mass is 19.1. The second-order valence-electron chi connectivity index (χ2n) is 4.14. The van der Waals surface area contributed by atoms with Crippen molar-refractivity contribution < 1.29 is 14.3 Å². The molecule has 0 bridgehead atoms. The maximum absolute atomic E-state index is 13.5. The third kappa shape index (κ3) is 3.00. The molecule has 2 aromatic carbocycles. The van der Waals surface area contributed by atoms with Crippen LogP contribution in [0.3, 0.4) is 0 Å². The van der Waals surface area contributed by atoms with Crippen molar-refractivity contribution in [1.82, 2.24) is 5.43 Å². The number of carbonyl (C=O) groups is 1. The molecule has 0 spiro atoms. The van der Waals surface area contributed by atoms with Gasteiger partial charge in [-0.1, -0.05) is 30.3 Å². The highest BCUT2D eigenvalue weighted by molar-refractivity contribution is 6.01. The SMILES string of the molecule is C/C(=N\NC(=O)c1ccccc1O)c1ccccc1F. The number of hydrogen-bond acceptors (Lipinski definition) is 3. The van der Waals surface area contributed by atoms with Crippen LogP contribution in [-0.4, -0.2) is 16.7 Å². The van der Waals surface area contributed by atoms with Gasteiger partial charge in [0.05, 0.1) is 11.3 Å². The maximum atomic E-state index is 13.5. The summed E-state index contributed by atoms with van der Waals surface area (Å²) >= 11 is 0. The highest BCUT2D eigenvalue weighted by Gasteiger charge is 2.10. The molecule has 0 fully saturated rings. The van der Waals surface area contributed by atoms with Crippen molar-refractivity contribution in [2.45, 2.75) is 6.92 Å². The van der Waals surface area contributed by atoms with Crippen molar-refractivity contribution in [1.29, 1.82) is 0 Å². The first-order valence-electron chi connectivity index (χ1n) is 5.97. The topological polar surface area (TPSA) is 61.7 Å². The summed E-state index contributed by atoms with van der Waals surface area (Å²) in [6.45, 7) is 1.59. The lowest BCUT2D eigenvalue weighted by Gasteiger charge is -2.05. The Labute approximate surface area is 115 Å². The number of phenolic OH excluding ortho intramolecular Hbond substituents is 1. The molecule has 0 atom stereocenters. The van der Waals surface area contributed by atoms with Gasteiger partial charge in [-0.2, -0.15) is 5.10 Å². The average molecular weight is 272 g/mol. The summed E-state index contributed by atoms with van der Waals surface area (Å²) in [6.07, 6.45) is 0. The first kappa shape index (κ1) is 13.7. The lowest BCUT2D eigenvalue weighted by molar-refractivity contribution is 0.0952. The molecule has 0 saturated heterocycles. The van der Waals surface area contributed by atoms with Gasteiger partial charge in [-0.15, -0.1) is 0 Å². The number of nitrogens with zero attached hydrogens (tertiary/aromatic N) is 1. The first-order chi connectivity index (χ1) is 9.59. The van der Waals surface area contributed by atoms with Crippen molar-refractivity contribution in [3.8, 4) is 5.75 Å². The van der Waals surface area contributed by atoms with E-state index in [1.54, 1.807) is 37.3 Å². The van der Waals surface area contributed by atoms with E-state index < -0.39 is 11.7 Å². The van der Waals surface area contributed by atoms with Gasteiger partial charge in [0.2, 0.25) is 0 Å². The number of carbonyl (C=O) groups excluding carboxylic acids is 1. The van der Waals surface area contributed by atoms with E-state index in [1.807, 2.05) is 0 Å². The Balaban J connectivity index is 2.16. The molecule has 20 heavy (non-hydrogen) atoms. The monoisotopic (exact) mass is 272 g/mol. The normalized spacial score (nSPS) is 11.2. The Morgan fingerprint density at radius 3 is 2.35 bits per heavy atom. The number of para-hydroxylation sites is 1. The largest absolute Gasteiger partial charge is 0.507 e. The summed E-state index contributed by atoms with van der Waals surface area (Å²) in [6, 6.07) is 12.3. The van der Waals surface area contributed by atoms with Gasteiger partial charge in [-0.3, -0.25) is 4.79 Å². The minimum absolute atomic E-state index is 0.109. The van der Waals surface area contributed by atoms with Crippen molar-refractivity contribution in [3.63, 3.8) is 0 Å². The quantitative estimate of drug-likeness (QED) is 0.666. The number of aromatic hydroxyl groups is 1. The maximum Gasteiger partial charge on any atom is 0.275 e. The Morgan fingerprint density at radius 2 is 1.70 bits per heavy atom. The van der Waals surface area contributed by atoms with Crippen molar-refractivity contribution in [2.75, 3.05) is 0 Å².